The molecule has 13 heavy (non-hydrogen) atoms. The third kappa shape index (κ3) is 3.63. The van der Waals surface area contributed by atoms with E-state index in [4.69, 9.17) is 5.73 Å². The first-order valence-corrected chi connectivity index (χ1v) is 5.15. The van der Waals surface area contributed by atoms with Crippen molar-refractivity contribution in [2.75, 3.05) is 33.2 Å². The number of hydrogen-bond acceptors (Lipinski definition) is 3. The second-order valence-corrected chi connectivity index (χ2v) is 5.00. The molecular weight excluding hydrogens is 162 g/mol. The van der Waals surface area contributed by atoms with Crippen LogP contribution in [-0.4, -0.2) is 44.2 Å². The van der Waals surface area contributed by atoms with Crippen molar-refractivity contribution in [1.29, 1.82) is 0 Å². The van der Waals surface area contributed by atoms with Gasteiger partial charge in [0.05, 0.1) is 0 Å². The minimum atomic E-state index is 0.237. The van der Waals surface area contributed by atoms with E-state index in [9.17, 15) is 0 Å². The van der Waals surface area contributed by atoms with Crippen LogP contribution in [0.4, 0.5) is 0 Å². The highest BCUT2D eigenvalue weighted by Crippen LogP contribution is 2.13. The molecule has 0 radical (unpaired) electrons. The average Bonchev–Trinajstić information content (AvgIpc) is 2.48. The van der Waals surface area contributed by atoms with Gasteiger partial charge in [0.2, 0.25) is 0 Å². The lowest BCUT2D eigenvalue weighted by atomic mass is 9.93. The molecule has 1 aliphatic rings. The molecule has 0 spiro atoms. The van der Waals surface area contributed by atoms with Crippen LogP contribution in [0.15, 0.2) is 0 Å². The Morgan fingerprint density at radius 1 is 1.54 bits per heavy atom. The highest BCUT2D eigenvalue weighted by molar-refractivity contribution is 4.82. The molecule has 0 aromatic heterocycles. The first kappa shape index (κ1) is 11.0. The molecule has 0 amide bonds. The van der Waals surface area contributed by atoms with Gasteiger partial charge in [0.15, 0.2) is 0 Å². The van der Waals surface area contributed by atoms with Gasteiger partial charge in [-0.05, 0) is 32.0 Å². The normalized spacial score (nSPS) is 25.4. The van der Waals surface area contributed by atoms with Gasteiger partial charge in [-0.15, -0.1) is 0 Å². The average molecular weight is 185 g/mol. The summed E-state index contributed by atoms with van der Waals surface area (Å²) in [6.07, 6.45) is 1.27. The molecule has 0 aliphatic carbocycles. The Kier molecular flexibility index (Phi) is 3.71. The minimum absolute atomic E-state index is 0.237. The van der Waals surface area contributed by atoms with Gasteiger partial charge in [-0.1, -0.05) is 13.8 Å². The molecule has 1 atom stereocenters. The maximum atomic E-state index is 5.67. The Bertz CT molecular complexity index is 156. The van der Waals surface area contributed by atoms with Gasteiger partial charge < -0.3 is 16.0 Å². The lowest BCUT2D eigenvalue weighted by molar-refractivity contribution is 0.323. The van der Waals surface area contributed by atoms with Gasteiger partial charge in [0.25, 0.3) is 0 Å². The molecule has 1 unspecified atom stereocenters. The molecule has 0 aromatic carbocycles. The maximum Gasteiger partial charge on any atom is 0.0207 e. The van der Waals surface area contributed by atoms with Crippen molar-refractivity contribution >= 4 is 0 Å². The van der Waals surface area contributed by atoms with E-state index in [1.54, 1.807) is 0 Å². The summed E-state index contributed by atoms with van der Waals surface area (Å²) in [4.78, 5) is 2.37. The van der Waals surface area contributed by atoms with E-state index in [0.29, 0.717) is 6.04 Å². The van der Waals surface area contributed by atoms with Crippen molar-refractivity contribution in [3.05, 3.63) is 0 Å². The first-order chi connectivity index (χ1) is 6.03. The van der Waals surface area contributed by atoms with Crippen LogP contribution in [0.5, 0.6) is 0 Å². The van der Waals surface area contributed by atoms with E-state index in [-0.39, 0.29) is 5.41 Å². The summed E-state index contributed by atoms with van der Waals surface area (Å²) >= 11 is 0. The molecule has 0 bridgehead atoms. The van der Waals surface area contributed by atoms with E-state index in [1.165, 1.54) is 19.5 Å². The summed E-state index contributed by atoms with van der Waals surface area (Å²) in [5, 5.41) is 3.58. The molecule has 1 aliphatic heterocycles. The Labute approximate surface area is 81.7 Å². The molecule has 78 valence electrons. The predicted octanol–water partition coefficient (Wildman–Crippen LogP) is 0.265. The molecule has 0 aromatic rings. The van der Waals surface area contributed by atoms with Gasteiger partial charge >= 0.3 is 0 Å². The van der Waals surface area contributed by atoms with E-state index >= 15 is 0 Å². The lowest BCUT2D eigenvalue weighted by Gasteiger charge is -2.25. The van der Waals surface area contributed by atoms with Crippen LogP contribution in [0.1, 0.15) is 20.3 Å². The standard InChI is InChI=1S/C10H23N3/c1-10(2,7-11)8-12-9-4-5-13(3)6-9/h9,12H,4-8,11H2,1-3H3. The SMILES string of the molecule is CN1CCC(NCC(C)(C)CN)C1. The van der Waals surface area contributed by atoms with Crippen LogP contribution < -0.4 is 11.1 Å². The molecule has 1 heterocycles. The van der Waals surface area contributed by atoms with Crippen molar-refractivity contribution in [1.82, 2.24) is 10.2 Å². The van der Waals surface area contributed by atoms with Crippen LogP contribution >= 0.6 is 0 Å². The quantitative estimate of drug-likeness (QED) is 0.660. The Morgan fingerprint density at radius 3 is 2.69 bits per heavy atom. The zero-order valence-electron chi connectivity index (χ0n) is 9.14. The van der Waals surface area contributed by atoms with E-state index in [1.807, 2.05) is 0 Å². The summed E-state index contributed by atoms with van der Waals surface area (Å²) in [6, 6.07) is 0.677. The minimum Gasteiger partial charge on any atom is -0.330 e. The largest absolute Gasteiger partial charge is 0.330 e. The molecule has 1 fully saturated rings. The van der Waals surface area contributed by atoms with Crippen LogP contribution in [0.3, 0.4) is 0 Å². The van der Waals surface area contributed by atoms with Gasteiger partial charge in [0.1, 0.15) is 0 Å². The number of likely N-dealkylation sites (tertiary alicyclic amines) is 1. The van der Waals surface area contributed by atoms with E-state index in [0.717, 1.165) is 13.1 Å². The molecule has 0 saturated carbocycles. The van der Waals surface area contributed by atoms with Crippen molar-refractivity contribution in [2.45, 2.75) is 26.3 Å². The van der Waals surface area contributed by atoms with Gasteiger partial charge in [-0.25, -0.2) is 0 Å². The Balaban J connectivity index is 2.19. The number of nitrogens with zero attached hydrogens (tertiary/aromatic N) is 1. The van der Waals surface area contributed by atoms with Crippen LogP contribution in [0.25, 0.3) is 0 Å². The number of nitrogens with one attached hydrogen (secondary N) is 1. The summed E-state index contributed by atoms with van der Waals surface area (Å²) in [5.74, 6) is 0. The molecule has 1 rings (SSSR count). The van der Waals surface area contributed by atoms with Crippen molar-refractivity contribution in [3.8, 4) is 0 Å². The van der Waals surface area contributed by atoms with Crippen LogP contribution in [0.2, 0.25) is 0 Å². The van der Waals surface area contributed by atoms with Gasteiger partial charge in [0, 0.05) is 19.1 Å². The maximum absolute atomic E-state index is 5.67. The second kappa shape index (κ2) is 4.40. The van der Waals surface area contributed by atoms with Gasteiger partial charge in [-0.3, -0.25) is 0 Å². The summed E-state index contributed by atoms with van der Waals surface area (Å²) in [7, 11) is 2.18. The fraction of sp³-hybridized carbons (Fsp3) is 1.00. The van der Waals surface area contributed by atoms with Crippen LogP contribution in [-0.2, 0) is 0 Å². The second-order valence-electron chi connectivity index (χ2n) is 5.00. The highest BCUT2D eigenvalue weighted by atomic mass is 15.2. The van der Waals surface area contributed by atoms with E-state index < -0.39 is 0 Å². The predicted molar refractivity (Wildman–Crippen MR) is 56.7 cm³/mol. The summed E-state index contributed by atoms with van der Waals surface area (Å²) in [6.45, 7) is 8.60. The Morgan fingerprint density at radius 2 is 2.23 bits per heavy atom. The molecule has 3 heteroatoms. The molecule has 1 saturated heterocycles. The van der Waals surface area contributed by atoms with Crippen molar-refractivity contribution < 1.29 is 0 Å². The molecule has 3 N–H and O–H groups in total. The first-order valence-electron chi connectivity index (χ1n) is 5.15. The lowest BCUT2D eigenvalue weighted by Crippen LogP contribution is -2.41. The molecular formula is C10H23N3. The number of nitrogens with two attached hydrogens (primary N) is 1. The summed E-state index contributed by atoms with van der Waals surface area (Å²) < 4.78 is 0. The highest BCUT2D eigenvalue weighted by Gasteiger charge is 2.22. The third-order valence-electron chi connectivity index (χ3n) is 2.81. The van der Waals surface area contributed by atoms with Crippen molar-refractivity contribution in [2.24, 2.45) is 11.1 Å². The topological polar surface area (TPSA) is 41.3 Å². The fourth-order valence-corrected chi connectivity index (χ4v) is 1.59. The number of hydrogen-bond donors (Lipinski definition) is 2. The zero-order valence-corrected chi connectivity index (χ0v) is 9.14. The fourth-order valence-electron chi connectivity index (χ4n) is 1.59. The van der Waals surface area contributed by atoms with E-state index in [2.05, 4.69) is 31.1 Å². The van der Waals surface area contributed by atoms with Crippen molar-refractivity contribution in [3.63, 3.8) is 0 Å². The number of likely N-dealkylation sites (N-methyl/N-ethyl adjacent to an activating group) is 1. The third-order valence-corrected chi connectivity index (χ3v) is 2.81. The molecule has 3 nitrogen and oxygen atoms in total. The smallest absolute Gasteiger partial charge is 0.0207 e. The Hall–Kier alpha value is -0.120. The summed E-state index contributed by atoms with van der Waals surface area (Å²) in [5.41, 5.74) is 5.91. The zero-order chi connectivity index (χ0) is 9.90. The van der Waals surface area contributed by atoms with Gasteiger partial charge in [-0.2, -0.15) is 0 Å². The number of rotatable bonds is 4. The monoisotopic (exact) mass is 185 g/mol. The van der Waals surface area contributed by atoms with Crippen LogP contribution in [0, 0.1) is 5.41 Å².